The zero-order valence-corrected chi connectivity index (χ0v) is 7.53. The van der Waals surface area contributed by atoms with Crippen molar-refractivity contribution < 1.29 is 19.0 Å². The minimum Gasteiger partial charge on any atom is -0.505 e. The van der Waals surface area contributed by atoms with Crippen molar-refractivity contribution in [2.24, 2.45) is 0 Å². The fourth-order valence-corrected chi connectivity index (χ4v) is 0.892. The highest BCUT2D eigenvalue weighted by Gasteiger charge is 2.03. The lowest BCUT2D eigenvalue weighted by Gasteiger charge is -1.98. The Morgan fingerprint density at radius 1 is 1.57 bits per heavy atom. The fourth-order valence-electron chi connectivity index (χ4n) is 0.892. The van der Waals surface area contributed by atoms with E-state index in [1.807, 2.05) is 0 Å². The van der Waals surface area contributed by atoms with Gasteiger partial charge in [-0.1, -0.05) is 12.1 Å². The van der Waals surface area contributed by atoms with Gasteiger partial charge in [0.05, 0.1) is 7.11 Å². The van der Waals surface area contributed by atoms with Gasteiger partial charge in [-0.15, -0.1) is 0 Å². The summed E-state index contributed by atoms with van der Waals surface area (Å²) < 4.78 is 17.4. The fraction of sp³-hybridized carbons (Fsp3) is 0.100. The van der Waals surface area contributed by atoms with Crippen molar-refractivity contribution in [3.8, 4) is 5.75 Å². The SMILES string of the molecule is COC(=O)C=Cc1cccc(O)c1F. The third kappa shape index (κ3) is 2.32. The molecule has 1 aromatic rings. The van der Waals surface area contributed by atoms with E-state index in [0.29, 0.717) is 0 Å². The van der Waals surface area contributed by atoms with E-state index in [1.165, 1.54) is 31.4 Å². The van der Waals surface area contributed by atoms with Crippen LogP contribution in [0.15, 0.2) is 24.3 Å². The summed E-state index contributed by atoms with van der Waals surface area (Å²) in [5, 5.41) is 9.00. The second-order valence-electron chi connectivity index (χ2n) is 2.54. The molecule has 4 heteroatoms. The quantitative estimate of drug-likeness (QED) is 0.578. The van der Waals surface area contributed by atoms with Crippen LogP contribution in [-0.4, -0.2) is 18.2 Å². The number of halogens is 1. The number of aromatic hydroxyl groups is 1. The molecule has 0 aliphatic rings. The Hall–Kier alpha value is -1.84. The van der Waals surface area contributed by atoms with Gasteiger partial charge in [-0.25, -0.2) is 9.18 Å². The van der Waals surface area contributed by atoms with E-state index < -0.39 is 17.5 Å². The number of hydrogen-bond donors (Lipinski definition) is 1. The molecule has 74 valence electrons. The first kappa shape index (κ1) is 10.2. The molecule has 0 bridgehead atoms. The average Bonchev–Trinajstić information content (AvgIpc) is 2.20. The summed E-state index contributed by atoms with van der Waals surface area (Å²) >= 11 is 0. The highest BCUT2D eigenvalue weighted by Crippen LogP contribution is 2.19. The molecule has 0 radical (unpaired) electrons. The molecule has 14 heavy (non-hydrogen) atoms. The van der Waals surface area contributed by atoms with Crippen LogP contribution in [0.4, 0.5) is 4.39 Å². The molecule has 1 aromatic carbocycles. The van der Waals surface area contributed by atoms with Gasteiger partial charge in [0.1, 0.15) is 0 Å². The van der Waals surface area contributed by atoms with Gasteiger partial charge in [0.15, 0.2) is 11.6 Å². The van der Waals surface area contributed by atoms with Gasteiger partial charge in [0, 0.05) is 11.6 Å². The number of rotatable bonds is 2. The van der Waals surface area contributed by atoms with E-state index in [2.05, 4.69) is 4.74 Å². The topological polar surface area (TPSA) is 46.5 Å². The number of carbonyl (C=O) groups is 1. The molecule has 0 aliphatic heterocycles. The molecule has 0 heterocycles. The van der Waals surface area contributed by atoms with Crippen molar-refractivity contribution in [2.45, 2.75) is 0 Å². The van der Waals surface area contributed by atoms with Gasteiger partial charge >= 0.3 is 5.97 Å². The van der Waals surface area contributed by atoms with Crippen LogP contribution >= 0.6 is 0 Å². The molecular weight excluding hydrogens is 187 g/mol. The standard InChI is InChI=1S/C10H9FO3/c1-14-9(13)6-5-7-3-2-4-8(12)10(7)11/h2-6,12H,1H3. The van der Waals surface area contributed by atoms with Crippen LogP contribution in [0.3, 0.4) is 0 Å². The number of methoxy groups -OCH3 is 1. The molecule has 0 spiro atoms. The summed E-state index contributed by atoms with van der Waals surface area (Å²) in [5.74, 6) is -1.78. The second-order valence-corrected chi connectivity index (χ2v) is 2.54. The Balaban J connectivity index is 2.92. The van der Waals surface area contributed by atoms with Gasteiger partial charge in [-0.2, -0.15) is 0 Å². The number of carbonyl (C=O) groups excluding carboxylic acids is 1. The number of phenols is 1. The summed E-state index contributed by atoms with van der Waals surface area (Å²) in [6, 6.07) is 4.15. The molecule has 0 aromatic heterocycles. The van der Waals surface area contributed by atoms with E-state index >= 15 is 0 Å². The zero-order chi connectivity index (χ0) is 10.6. The summed E-state index contributed by atoms with van der Waals surface area (Å²) in [7, 11) is 1.23. The van der Waals surface area contributed by atoms with Crippen LogP contribution < -0.4 is 0 Å². The Kier molecular flexibility index (Phi) is 3.23. The second kappa shape index (κ2) is 4.41. The van der Waals surface area contributed by atoms with E-state index in [4.69, 9.17) is 5.11 Å². The molecule has 0 fully saturated rings. The van der Waals surface area contributed by atoms with Gasteiger partial charge in [0.25, 0.3) is 0 Å². The lowest BCUT2D eigenvalue weighted by Crippen LogP contribution is -1.93. The molecule has 0 amide bonds. The van der Waals surface area contributed by atoms with Crippen molar-refractivity contribution in [1.82, 2.24) is 0 Å². The van der Waals surface area contributed by atoms with Crippen molar-refractivity contribution >= 4 is 12.0 Å². The van der Waals surface area contributed by atoms with Crippen molar-refractivity contribution in [2.75, 3.05) is 7.11 Å². The molecule has 0 saturated heterocycles. The van der Waals surface area contributed by atoms with E-state index in [0.717, 1.165) is 6.08 Å². The first-order valence-electron chi connectivity index (χ1n) is 3.88. The smallest absolute Gasteiger partial charge is 0.330 e. The maximum absolute atomic E-state index is 13.1. The van der Waals surface area contributed by atoms with Crippen LogP contribution in [0, 0.1) is 5.82 Å². The molecule has 0 unspecified atom stereocenters. The Labute approximate surface area is 80.4 Å². The van der Waals surface area contributed by atoms with Crippen LogP contribution in [0.1, 0.15) is 5.56 Å². The summed E-state index contributed by atoms with van der Waals surface area (Å²) in [4.78, 5) is 10.7. The van der Waals surface area contributed by atoms with Crippen LogP contribution in [0.5, 0.6) is 5.75 Å². The van der Waals surface area contributed by atoms with Gasteiger partial charge in [0.2, 0.25) is 0 Å². The van der Waals surface area contributed by atoms with Crippen LogP contribution in [0.25, 0.3) is 6.08 Å². The third-order valence-electron chi connectivity index (χ3n) is 1.61. The molecule has 3 nitrogen and oxygen atoms in total. The lowest BCUT2D eigenvalue weighted by atomic mass is 10.2. The van der Waals surface area contributed by atoms with E-state index in [-0.39, 0.29) is 5.56 Å². The van der Waals surface area contributed by atoms with Gasteiger partial charge < -0.3 is 9.84 Å². The number of phenolic OH excluding ortho intramolecular Hbond substituents is 1. The molecule has 1 N–H and O–H groups in total. The highest BCUT2D eigenvalue weighted by atomic mass is 19.1. The first-order valence-corrected chi connectivity index (χ1v) is 3.88. The molecule has 1 rings (SSSR count). The minimum absolute atomic E-state index is 0.135. The predicted octanol–water partition coefficient (Wildman–Crippen LogP) is 1.72. The van der Waals surface area contributed by atoms with Crippen molar-refractivity contribution in [3.63, 3.8) is 0 Å². The monoisotopic (exact) mass is 196 g/mol. The molecule has 0 aliphatic carbocycles. The largest absolute Gasteiger partial charge is 0.505 e. The van der Waals surface area contributed by atoms with Gasteiger partial charge in [-0.3, -0.25) is 0 Å². The number of esters is 1. The number of hydrogen-bond acceptors (Lipinski definition) is 3. The molecular formula is C10H9FO3. The van der Waals surface area contributed by atoms with Gasteiger partial charge in [-0.05, 0) is 12.1 Å². The lowest BCUT2D eigenvalue weighted by molar-refractivity contribution is -0.134. The molecule has 0 atom stereocenters. The highest BCUT2D eigenvalue weighted by molar-refractivity contribution is 5.87. The summed E-state index contributed by atoms with van der Waals surface area (Å²) in [6.07, 6.45) is 2.32. The summed E-state index contributed by atoms with van der Waals surface area (Å²) in [6.45, 7) is 0. The van der Waals surface area contributed by atoms with E-state index in [1.54, 1.807) is 0 Å². The Morgan fingerprint density at radius 3 is 2.93 bits per heavy atom. The van der Waals surface area contributed by atoms with Crippen LogP contribution in [-0.2, 0) is 9.53 Å². The van der Waals surface area contributed by atoms with Crippen molar-refractivity contribution in [1.29, 1.82) is 0 Å². The maximum atomic E-state index is 13.1. The maximum Gasteiger partial charge on any atom is 0.330 e. The predicted molar refractivity (Wildman–Crippen MR) is 49.1 cm³/mol. The average molecular weight is 196 g/mol. The summed E-state index contributed by atoms with van der Waals surface area (Å²) in [5.41, 5.74) is 0.135. The normalized spacial score (nSPS) is 10.4. The third-order valence-corrected chi connectivity index (χ3v) is 1.61. The number of benzene rings is 1. The van der Waals surface area contributed by atoms with Crippen molar-refractivity contribution in [3.05, 3.63) is 35.7 Å². The zero-order valence-electron chi connectivity index (χ0n) is 7.53. The van der Waals surface area contributed by atoms with Crippen LogP contribution in [0.2, 0.25) is 0 Å². The Bertz CT molecular complexity index is 372. The minimum atomic E-state index is -0.757. The van der Waals surface area contributed by atoms with E-state index in [9.17, 15) is 9.18 Å². The first-order chi connectivity index (χ1) is 6.65. The number of ether oxygens (including phenoxy) is 1. The molecule has 0 saturated carbocycles. The Morgan fingerprint density at radius 2 is 2.29 bits per heavy atom.